The van der Waals surface area contributed by atoms with Crippen molar-refractivity contribution >= 4 is 17.5 Å². The molecule has 3 nitrogen and oxygen atoms in total. The highest BCUT2D eigenvalue weighted by atomic mass is 35.5. The zero-order valence-electron chi connectivity index (χ0n) is 8.54. The van der Waals surface area contributed by atoms with Crippen LogP contribution in [0.3, 0.4) is 0 Å². The molecule has 0 radical (unpaired) electrons. The Bertz CT molecular complexity index is 499. The number of nitrogens with zero attached hydrogens (tertiary/aromatic N) is 2. The lowest BCUT2D eigenvalue weighted by Crippen LogP contribution is -1.96. The van der Waals surface area contributed by atoms with E-state index in [-0.39, 0.29) is 5.82 Å². The maximum absolute atomic E-state index is 13.5. The minimum Gasteiger partial charge on any atom is -0.357 e. The van der Waals surface area contributed by atoms with Gasteiger partial charge in [-0.1, -0.05) is 11.6 Å². The second-order valence-corrected chi connectivity index (χ2v) is 3.61. The number of rotatable bonds is 2. The van der Waals surface area contributed by atoms with Gasteiger partial charge in [0.05, 0.1) is 0 Å². The highest BCUT2D eigenvalue weighted by molar-refractivity contribution is 6.30. The molecule has 82 valence electrons. The normalized spacial score (nSPS) is 10.2. The summed E-state index contributed by atoms with van der Waals surface area (Å²) >= 11 is 5.81. The molecule has 0 aliphatic carbocycles. The lowest BCUT2D eigenvalue weighted by Gasteiger charge is -2.04. The van der Waals surface area contributed by atoms with Crippen LogP contribution in [0.1, 0.15) is 0 Å². The molecular formula is C11H9ClFN3. The Kier molecular flexibility index (Phi) is 3.01. The SMILES string of the molecule is CNc1ncc(-c2cc(Cl)ccc2F)cn1. The summed E-state index contributed by atoms with van der Waals surface area (Å²) in [5, 5.41) is 3.27. The van der Waals surface area contributed by atoms with Crippen molar-refractivity contribution in [2.45, 2.75) is 0 Å². The van der Waals surface area contributed by atoms with Gasteiger partial charge in [-0.3, -0.25) is 0 Å². The maximum Gasteiger partial charge on any atom is 0.222 e. The molecule has 0 aliphatic heterocycles. The first kappa shape index (κ1) is 10.8. The third kappa shape index (κ3) is 2.12. The summed E-state index contributed by atoms with van der Waals surface area (Å²) < 4.78 is 13.5. The van der Waals surface area contributed by atoms with Gasteiger partial charge >= 0.3 is 0 Å². The van der Waals surface area contributed by atoms with Gasteiger partial charge in [0.15, 0.2) is 0 Å². The smallest absolute Gasteiger partial charge is 0.222 e. The summed E-state index contributed by atoms with van der Waals surface area (Å²) in [5.74, 6) is 0.149. The number of nitrogens with one attached hydrogen (secondary N) is 1. The predicted octanol–water partition coefficient (Wildman–Crippen LogP) is 2.98. The van der Waals surface area contributed by atoms with Crippen molar-refractivity contribution in [2.24, 2.45) is 0 Å². The highest BCUT2D eigenvalue weighted by Gasteiger charge is 2.06. The average molecular weight is 238 g/mol. The van der Waals surface area contributed by atoms with Crippen LogP contribution in [0.15, 0.2) is 30.6 Å². The molecule has 0 saturated carbocycles. The van der Waals surface area contributed by atoms with Crippen molar-refractivity contribution in [1.82, 2.24) is 9.97 Å². The molecule has 1 aromatic heterocycles. The number of benzene rings is 1. The average Bonchev–Trinajstić information content (AvgIpc) is 2.32. The molecule has 2 rings (SSSR count). The van der Waals surface area contributed by atoms with E-state index in [1.54, 1.807) is 25.5 Å². The highest BCUT2D eigenvalue weighted by Crippen LogP contribution is 2.25. The maximum atomic E-state index is 13.5. The first-order valence-corrected chi connectivity index (χ1v) is 5.03. The second kappa shape index (κ2) is 4.45. The number of hydrogen-bond acceptors (Lipinski definition) is 3. The minimum atomic E-state index is -0.342. The summed E-state index contributed by atoms with van der Waals surface area (Å²) in [6.45, 7) is 0. The number of halogens is 2. The molecule has 0 atom stereocenters. The van der Waals surface area contributed by atoms with Crippen molar-refractivity contribution < 1.29 is 4.39 Å². The summed E-state index contributed by atoms with van der Waals surface area (Å²) in [7, 11) is 1.72. The van der Waals surface area contributed by atoms with Crippen molar-refractivity contribution in [3.05, 3.63) is 41.4 Å². The van der Waals surface area contributed by atoms with Crippen molar-refractivity contribution in [3.63, 3.8) is 0 Å². The first-order chi connectivity index (χ1) is 7.70. The molecule has 0 saturated heterocycles. The fourth-order valence-electron chi connectivity index (χ4n) is 1.31. The Labute approximate surface area is 97.3 Å². The van der Waals surface area contributed by atoms with Crippen LogP contribution in [-0.2, 0) is 0 Å². The molecule has 2 aromatic rings. The Balaban J connectivity index is 2.45. The van der Waals surface area contributed by atoms with Gasteiger partial charge in [0.25, 0.3) is 0 Å². The van der Waals surface area contributed by atoms with Crippen molar-refractivity contribution in [2.75, 3.05) is 12.4 Å². The molecule has 0 amide bonds. The molecule has 0 fully saturated rings. The Morgan fingerprint density at radius 2 is 1.94 bits per heavy atom. The van der Waals surface area contributed by atoms with Crippen LogP contribution in [0.2, 0.25) is 5.02 Å². The Morgan fingerprint density at radius 1 is 1.25 bits per heavy atom. The molecule has 1 heterocycles. The van der Waals surface area contributed by atoms with Crippen LogP contribution in [0, 0.1) is 5.82 Å². The van der Waals surface area contributed by atoms with Crippen molar-refractivity contribution in [1.29, 1.82) is 0 Å². The van der Waals surface area contributed by atoms with E-state index < -0.39 is 0 Å². The van der Waals surface area contributed by atoms with E-state index in [1.165, 1.54) is 12.1 Å². The van der Waals surface area contributed by atoms with E-state index in [9.17, 15) is 4.39 Å². The lowest BCUT2D eigenvalue weighted by molar-refractivity contribution is 0.631. The third-order valence-corrected chi connectivity index (χ3v) is 2.35. The summed E-state index contributed by atoms with van der Waals surface area (Å²) in [6.07, 6.45) is 3.10. The van der Waals surface area contributed by atoms with Crippen LogP contribution < -0.4 is 5.32 Å². The number of hydrogen-bond donors (Lipinski definition) is 1. The van der Waals surface area contributed by atoms with Gasteiger partial charge in [0.1, 0.15) is 5.82 Å². The van der Waals surface area contributed by atoms with Crippen LogP contribution in [0.5, 0.6) is 0 Å². The Hall–Kier alpha value is -1.68. The quantitative estimate of drug-likeness (QED) is 0.873. The standard InChI is InChI=1S/C11H9ClFN3/c1-14-11-15-5-7(6-16-11)9-4-8(12)2-3-10(9)13/h2-6H,1H3,(H,14,15,16). The molecule has 0 bridgehead atoms. The van der Waals surface area contributed by atoms with Gasteiger partial charge in [-0.25, -0.2) is 14.4 Å². The van der Waals surface area contributed by atoms with E-state index >= 15 is 0 Å². The molecule has 1 N–H and O–H groups in total. The topological polar surface area (TPSA) is 37.8 Å². The van der Waals surface area contributed by atoms with Crippen LogP contribution in [0.4, 0.5) is 10.3 Å². The van der Waals surface area contributed by atoms with Gasteiger partial charge in [0, 0.05) is 35.6 Å². The predicted molar refractivity (Wildman–Crippen MR) is 62.0 cm³/mol. The minimum absolute atomic E-state index is 0.342. The largest absolute Gasteiger partial charge is 0.357 e. The second-order valence-electron chi connectivity index (χ2n) is 3.17. The van der Waals surface area contributed by atoms with E-state index in [2.05, 4.69) is 15.3 Å². The van der Waals surface area contributed by atoms with Gasteiger partial charge in [0.2, 0.25) is 5.95 Å². The monoisotopic (exact) mass is 237 g/mol. The fourth-order valence-corrected chi connectivity index (χ4v) is 1.49. The van der Waals surface area contributed by atoms with E-state index in [0.29, 0.717) is 22.1 Å². The van der Waals surface area contributed by atoms with E-state index in [1.807, 2.05) is 0 Å². The molecular weight excluding hydrogens is 229 g/mol. The molecule has 5 heteroatoms. The van der Waals surface area contributed by atoms with Gasteiger partial charge in [-0.2, -0.15) is 0 Å². The lowest BCUT2D eigenvalue weighted by atomic mass is 10.1. The van der Waals surface area contributed by atoms with E-state index in [0.717, 1.165) is 0 Å². The number of anilines is 1. The van der Waals surface area contributed by atoms with Gasteiger partial charge < -0.3 is 5.32 Å². The molecule has 0 spiro atoms. The summed E-state index contributed by atoms with van der Waals surface area (Å²) in [6, 6.07) is 4.38. The van der Waals surface area contributed by atoms with Crippen LogP contribution in [0.25, 0.3) is 11.1 Å². The zero-order chi connectivity index (χ0) is 11.5. The van der Waals surface area contributed by atoms with Gasteiger partial charge in [-0.15, -0.1) is 0 Å². The molecule has 0 aliphatic rings. The fraction of sp³-hybridized carbons (Fsp3) is 0.0909. The Morgan fingerprint density at radius 3 is 2.56 bits per heavy atom. The molecule has 16 heavy (non-hydrogen) atoms. The summed E-state index contributed by atoms with van der Waals surface area (Å²) in [5.41, 5.74) is 0.995. The third-order valence-electron chi connectivity index (χ3n) is 2.11. The van der Waals surface area contributed by atoms with Crippen LogP contribution in [-0.4, -0.2) is 17.0 Å². The van der Waals surface area contributed by atoms with E-state index in [4.69, 9.17) is 11.6 Å². The molecule has 1 aromatic carbocycles. The zero-order valence-corrected chi connectivity index (χ0v) is 9.29. The van der Waals surface area contributed by atoms with Crippen LogP contribution >= 0.6 is 11.6 Å². The first-order valence-electron chi connectivity index (χ1n) is 4.66. The van der Waals surface area contributed by atoms with Gasteiger partial charge in [-0.05, 0) is 18.2 Å². The summed E-state index contributed by atoms with van der Waals surface area (Å²) in [4.78, 5) is 8.02. The van der Waals surface area contributed by atoms with Crippen molar-refractivity contribution in [3.8, 4) is 11.1 Å². The number of aromatic nitrogens is 2. The molecule has 0 unspecified atom stereocenters.